The number of H-pyrrole nitrogens is 1. The lowest BCUT2D eigenvalue weighted by Crippen LogP contribution is -2.22. The highest BCUT2D eigenvalue weighted by atomic mass is 16.5. The van der Waals surface area contributed by atoms with Crippen molar-refractivity contribution < 1.29 is 9.53 Å². The number of nitrogens with one attached hydrogen (secondary N) is 1. The van der Waals surface area contributed by atoms with Crippen LogP contribution in [0.15, 0.2) is 35.4 Å². The van der Waals surface area contributed by atoms with Crippen molar-refractivity contribution in [3.8, 4) is 5.69 Å². The zero-order valence-corrected chi connectivity index (χ0v) is 11.1. The van der Waals surface area contributed by atoms with E-state index in [1.54, 1.807) is 31.2 Å². The lowest BCUT2D eigenvalue weighted by atomic mass is 10.2. The van der Waals surface area contributed by atoms with Crippen molar-refractivity contribution >= 4 is 17.1 Å². The number of nitrogens with zero attached hydrogens (tertiary/aromatic N) is 4. The third kappa shape index (κ3) is 2.27. The van der Waals surface area contributed by atoms with Crippen LogP contribution in [-0.2, 0) is 4.74 Å². The summed E-state index contributed by atoms with van der Waals surface area (Å²) >= 11 is 0. The van der Waals surface area contributed by atoms with Gasteiger partial charge in [-0.2, -0.15) is 4.68 Å². The molecule has 0 unspecified atom stereocenters. The highest BCUT2D eigenvalue weighted by Crippen LogP contribution is 2.09. The summed E-state index contributed by atoms with van der Waals surface area (Å²) in [6, 6.07) is 6.34. The molecule has 0 saturated carbocycles. The monoisotopic (exact) mass is 285 g/mol. The molecule has 0 aliphatic heterocycles. The first-order valence-electron chi connectivity index (χ1n) is 6.27. The van der Waals surface area contributed by atoms with Gasteiger partial charge in [0.15, 0.2) is 5.52 Å². The third-order valence-corrected chi connectivity index (χ3v) is 2.88. The smallest absolute Gasteiger partial charge is 0.338 e. The van der Waals surface area contributed by atoms with Crippen molar-refractivity contribution in [3.63, 3.8) is 0 Å². The second-order valence-electron chi connectivity index (χ2n) is 4.17. The van der Waals surface area contributed by atoms with Crippen LogP contribution in [0.1, 0.15) is 17.3 Å². The summed E-state index contributed by atoms with van der Waals surface area (Å²) in [6.07, 6.45) is 1.38. The molecule has 2 aromatic heterocycles. The maximum atomic E-state index is 12.2. The van der Waals surface area contributed by atoms with Gasteiger partial charge in [0.1, 0.15) is 0 Å². The molecule has 3 rings (SSSR count). The molecule has 3 aromatic rings. The van der Waals surface area contributed by atoms with E-state index in [4.69, 9.17) is 4.74 Å². The number of hydrogen-bond donors (Lipinski definition) is 1. The SMILES string of the molecule is CCOC(=O)c1ccc(-n2nnc3nc[nH]c3c2=O)cc1. The van der Waals surface area contributed by atoms with Gasteiger partial charge in [0.25, 0.3) is 0 Å². The molecular weight excluding hydrogens is 274 g/mol. The molecule has 0 aliphatic rings. The fourth-order valence-corrected chi connectivity index (χ4v) is 1.88. The van der Waals surface area contributed by atoms with Crippen molar-refractivity contribution in [2.75, 3.05) is 6.61 Å². The minimum atomic E-state index is -0.411. The Labute approximate surface area is 118 Å². The summed E-state index contributed by atoms with van der Waals surface area (Å²) in [5.74, 6) is -0.411. The average Bonchev–Trinajstić information content (AvgIpc) is 2.98. The van der Waals surface area contributed by atoms with Gasteiger partial charge in [-0.05, 0) is 31.2 Å². The van der Waals surface area contributed by atoms with E-state index < -0.39 is 5.97 Å². The number of aromatic nitrogens is 5. The summed E-state index contributed by atoms with van der Waals surface area (Å²) in [6.45, 7) is 2.04. The van der Waals surface area contributed by atoms with E-state index in [1.165, 1.54) is 6.33 Å². The highest BCUT2D eigenvalue weighted by molar-refractivity contribution is 5.89. The van der Waals surface area contributed by atoms with Gasteiger partial charge in [0, 0.05) is 0 Å². The van der Waals surface area contributed by atoms with Crippen molar-refractivity contribution in [1.29, 1.82) is 0 Å². The number of imidazole rings is 1. The Balaban J connectivity index is 2.01. The first kappa shape index (κ1) is 13.0. The van der Waals surface area contributed by atoms with E-state index in [9.17, 15) is 9.59 Å². The summed E-state index contributed by atoms with van der Waals surface area (Å²) in [5.41, 5.74) is 1.08. The van der Waals surface area contributed by atoms with E-state index in [-0.39, 0.29) is 16.7 Å². The van der Waals surface area contributed by atoms with Gasteiger partial charge in [0.2, 0.25) is 5.65 Å². The van der Waals surface area contributed by atoms with Crippen molar-refractivity contribution in [2.45, 2.75) is 6.92 Å². The molecule has 8 nitrogen and oxygen atoms in total. The van der Waals surface area contributed by atoms with Crippen LogP contribution in [0.25, 0.3) is 16.9 Å². The number of ether oxygens (including phenoxy) is 1. The summed E-state index contributed by atoms with van der Waals surface area (Å²) in [5, 5.41) is 7.66. The number of fused-ring (bicyclic) bond motifs is 1. The van der Waals surface area contributed by atoms with Gasteiger partial charge in [-0.25, -0.2) is 9.78 Å². The predicted molar refractivity (Wildman–Crippen MR) is 73.2 cm³/mol. The standard InChI is InChI=1S/C13H11N5O3/c1-2-21-13(20)8-3-5-9(6-4-8)18-12(19)10-11(16-17-18)15-7-14-10/h3-7H,2H2,1H3,(H,14,15). The number of carbonyl (C=O) groups is 1. The molecule has 0 aliphatic carbocycles. The fourth-order valence-electron chi connectivity index (χ4n) is 1.88. The maximum Gasteiger partial charge on any atom is 0.338 e. The molecule has 2 heterocycles. The van der Waals surface area contributed by atoms with Crippen molar-refractivity contribution in [3.05, 3.63) is 46.5 Å². The second kappa shape index (κ2) is 5.16. The summed E-state index contributed by atoms with van der Waals surface area (Å²) in [4.78, 5) is 30.4. The van der Waals surface area contributed by atoms with Crippen molar-refractivity contribution in [1.82, 2.24) is 25.0 Å². The van der Waals surface area contributed by atoms with E-state index in [1.807, 2.05) is 0 Å². The van der Waals surface area contributed by atoms with Gasteiger partial charge in [-0.3, -0.25) is 4.79 Å². The van der Waals surface area contributed by atoms with Gasteiger partial charge in [-0.1, -0.05) is 5.21 Å². The number of hydrogen-bond acceptors (Lipinski definition) is 6. The Bertz CT molecular complexity index is 850. The first-order valence-corrected chi connectivity index (χ1v) is 6.27. The zero-order valence-electron chi connectivity index (χ0n) is 11.1. The molecule has 106 valence electrons. The molecule has 0 atom stereocenters. The van der Waals surface area contributed by atoms with Gasteiger partial charge in [0.05, 0.1) is 24.2 Å². The Hall–Kier alpha value is -3.03. The maximum absolute atomic E-state index is 12.2. The fraction of sp³-hybridized carbons (Fsp3) is 0.154. The average molecular weight is 285 g/mol. The normalized spacial score (nSPS) is 10.7. The zero-order chi connectivity index (χ0) is 14.8. The molecular formula is C13H11N5O3. The molecule has 8 heteroatoms. The first-order chi connectivity index (χ1) is 10.2. The molecule has 0 bridgehead atoms. The van der Waals surface area contributed by atoms with Crippen LogP contribution in [0.5, 0.6) is 0 Å². The summed E-state index contributed by atoms with van der Waals surface area (Å²) in [7, 11) is 0. The minimum Gasteiger partial charge on any atom is -0.462 e. The van der Waals surface area contributed by atoms with Crippen LogP contribution in [0, 0.1) is 0 Å². The number of esters is 1. The van der Waals surface area contributed by atoms with E-state index in [0.29, 0.717) is 17.9 Å². The molecule has 0 amide bonds. The number of benzene rings is 1. The predicted octanol–water partition coefficient (Wildman–Crippen LogP) is 0.680. The highest BCUT2D eigenvalue weighted by Gasteiger charge is 2.10. The van der Waals surface area contributed by atoms with E-state index >= 15 is 0 Å². The topological polar surface area (TPSA) is 103 Å². The number of carbonyl (C=O) groups excluding carboxylic acids is 1. The van der Waals surface area contributed by atoms with Crippen LogP contribution < -0.4 is 5.56 Å². The van der Waals surface area contributed by atoms with E-state index in [0.717, 1.165) is 4.68 Å². The van der Waals surface area contributed by atoms with Gasteiger partial charge in [-0.15, -0.1) is 5.10 Å². The minimum absolute atomic E-state index is 0.263. The molecule has 1 aromatic carbocycles. The number of aromatic amines is 1. The largest absolute Gasteiger partial charge is 0.462 e. The van der Waals surface area contributed by atoms with Crippen LogP contribution in [0.2, 0.25) is 0 Å². The third-order valence-electron chi connectivity index (χ3n) is 2.88. The molecule has 0 radical (unpaired) electrons. The Kier molecular flexibility index (Phi) is 3.19. The van der Waals surface area contributed by atoms with Crippen LogP contribution in [0.4, 0.5) is 0 Å². The molecule has 0 spiro atoms. The molecule has 1 N–H and O–H groups in total. The Morgan fingerprint density at radius 2 is 2.10 bits per heavy atom. The second-order valence-corrected chi connectivity index (χ2v) is 4.17. The lowest BCUT2D eigenvalue weighted by Gasteiger charge is -2.05. The van der Waals surface area contributed by atoms with Crippen molar-refractivity contribution in [2.24, 2.45) is 0 Å². The number of rotatable bonds is 3. The van der Waals surface area contributed by atoms with Crippen LogP contribution >= 0.6 is 0 Å². The molecule has 0 fully saturated rings. The van der Waals surface area contributed by atoms with Crippen LogP contribution in [-0.4, -0.2) is 37.5 Å². The van der Waals surface area contributed by atoms with E-state index in [2.05, 4.69) is 20.3 Å². The molecule has 0 saturated heterocycles. The van der Waals surface area contributed by atoms with Gasteiger partial charge < -0.3 is 9.72 Å². The van der Waals surface area contributed by atoms with Gasteiger partial charge >= 0.3 is 11.5 Å². The lowest BCUT2D eigenvalue weighted by molar-refractivity contribution is 0.0526. The van der Waals surface area contributed by atoms with Crippen LogP contribution in [0.3, 0.4) is 0 Å². The molecule has 21 heavy (non-hydrogen) atoms. The Morgan fingerprint density at radius 1 is 1.33 bits per heavy atom. The quantitative estimate of drug-likeness (QED) is 0.710. The Morgan fingerprint density at radius 3 is 2.81 bits per heavy atom. The summed E-state index contributed by atoms with van der Waals surface area (Å²) < 4.78 is 6.03.